The Hall–Kier alpha value is -0.590. The molecule has 1 saturated carbocycles. The SMILES string of the molecule is CCCNC(C)(C#N)CCCN(CC)C1CCCC1. The van der Waals surface area contributed by atoms with Crippen LogP contribution in [-0.2, 0) is 0 Å². The number of nitriles is 1. The number of nitrogens with one attached hydrogen (secondary N) is 1. The summed E-state index contributed by atoms with van der Waals surface area (Å²) in [5.41, 5.74) is -0.342. The molecule has 0 aromatic heterocycles. The molecule has 0 amide bonds. The third-order valence-electron chi connectivity index (χ3n) is 4.38. The van der Waals surface area contributed by atoms with Crippen molar-refractivity contribution in [1.29, 1.82) is 5.26 Å². The van der Waals surface area contributed by atoms with Crippen LogP contribution >= 0.6 is 0 Å². The highest BCUT2D eigenvalue weighted by Gasteiger charge is 2.24. The van der Waals surface area contributed by atoms with Crippen LogP contribution in [0.3, 0.4) is 0 Å². The van der Waals surface area contributed by atoms with Gasteiger partial charge in [0.25, 0.3) is 0 Å². The lowest BCUT2D eigenvalue weighted by atomic mass is 9.97. The Morgan fingerprint density at radius 1 is 1.32 bits per heavy atom. The van der Waals surface area contributed by atoms with Gasteiger partial charge in [0, 0.05) is 6.04 Å². The Bertz CT molecular complexity index is 278. The Labute approximate surface area is 119 Å². The van der Waals surface area contributed by atoms with Gasteiger partial charge in [0.2, 0.25) is 0 Å². The van der Waals surface area contributed by atoms with E-state index >= 15 is 0 Å². The van der Waals surface area contributed by atoms with Crippen molar-refractivity contribution in [2.24, 2.45) is 0 Å². The zero-order valence-electron chi connectivity index (χ0n) is 13.0. The molecule has 3 nitrogen and oxygen atoms in total. The number of nitrogens with zero attached hydrogens (tertiary/aromatic N) is 2. The molecule has 0 saturated heterocycles. The van der Waals surface area contributed by atoms with E-state index in [1.165, 1.54) is 25.7 Å². The van der Waals surface area contributed by atoms with Gasteiger partial charge in [0.05, 0.1) is 6.07 Å². The summed E-state index contributed by atoms with van der Waals surface area (Å²) in [7, 11) is 0. The molecular formula is C16H31N3. The van der Waals surface area contributed by atoms with Crippen LogP contribution in [0.15, 0.2) is 0 Å². The van der Waals surface area contributed by atoms with E-state index in [-0.39, 0.29) is 5.54 Å². The molecule has 0 radical (unpaired) electrons. The minimum Gasteiger partial charge on any atom is -0.301 e. The molecule has 0 spiro atoms. The first-order chi connectivity index (χ1) is 9.15. The summed E-state index contributed by atoms with van der Waals surface area (Å²) in [6.07, 6.45) is 8.69. The summed E-state index contributed by atoms with van der Waals surface area (Å²) in [5.74, 6) is 0. The third-order valence-corrected chi connectivity index (χ3v) is 4.38. The zero-order valence-corrected chi connectivity index (χ0v) is 13.0. The topological polar surface area (TPSA) is 39.1 Å². The first kappa shape index (κ1) is 16.5. The van der Waals surface area contributed by atoms with Crippen molar-refractivity contribution in [3.63, 3.8) is 0 Å². The second kappa shape index (κ2) is 8.55. The molecule has 1 unspecified atom stereocenters. The summed E-state index contributed by atoms with van der Waals surface area (Å²) in [4.78, 5) is 2.62. The maximum Gasteiger partial charge on any atom is 0.103 e. The standard InChI is InChI=1S/C16H31N3/c1-4-12-18-16(3,14-17)11-8-13-19(5-2)15-9-6-7-10-15/h15,18H,4-13H2,1-3H3. The predicted octanol–water partition coefficient (Wildman–Crippen LogP) is 3.31. The van der Waals surface area contributed by atoms with Crippen molar-refractivity contribution in [3.8, 4) is 6.07 Å². The molecule has 0 bridgehead atoms. The van der Waals surface area contributed by atoms with E-state index in [9.17, 15) is 5.26 Å². The second-order valence-corrected chi connectivity index (χ2v) is 6.04. The zero-order chi connectivity index (χ0) is 14.1. The van der Waals surface area contributed by atoms with E-state index in [0.717, 1.165) is 44.9 Å². The van der Waals surface area contributed by atoms with Gasteiger partial charge in [-0.3, -0.25) is 5.32 Å². The van der Waals surface area contributed by atoms with Gasteiger partial charge in [0.15, 0.2) is 0 Å². The Kier molecular flexibility index (Phi) is 7.41. The molecule has 1 aliphatic carbocycles. The van der Waals surface area contributed by atoms with Gasteiger partial charge >= 0.3 is 0 Å². The minimum atomic E-state index is -0.342. The molecule has 1 fully saturated rings. The highest BCUT2D eigenvalue weighted by molar-refractivity contribution is 5.03. The fourth-order valence-corrected chi connectivity index (χ4v) is 3.09. The molecule has 3 heteroatoms. The van der Waals surface area contributed by atoms with E-state index in [1.807, 2.05) is 6.92 Å². The van der Waals surface area contributed by atoms with E-state index in [4.69, 9.17) is 0 Å². The Balaban J connectivity index is 2.31. The normalized spacial score (nSPS) is 19.5. The van der Waals surface area contributed by atoms with Crippen molar-refractivity contribution in [3.05, 3.63) is 0 Å². The molecular weight excluding hydrogens is 234 g/mol. The van der Waals surface area contributed by atoms with Crippen LogP contribution in [0.5, 0.6) is 0 Å². The molecule has 1 aliphatic rings. The van der Waals surface area contributed by atoms with Gasteiger partial charge in [-0.2, -0.15) is 5.26 Å². The summed E-state index contributed by atoms with van der Waals surface area (Å²) in [5, 5.41) is 12.7. The van der Waals surface area contributed by atoms with E-state index < -0.39 is 0 Å². The van der Waals surface area contributed by atoms with Crippen LogP contribution in [0.4, 0.5) is 0 Å². The number of hydrogen-bond donors (Lipinski definition) is 1. The van der Waals surface area contributed by atoms with Crippen LogP contribution in [-0.4, -0.2) is 36.1 Å². The van der Waals surface area contributed by atoms with Gasteiger partial charge in [-0.1, -0.05) is 26.7 Å². The molecule has 0 aromatic rings. The predicted molar refractivity (Wildman–Crippen MR) is 81.0 cm³/mol. The Morgan fingerprint density at radius 2 is 2.00 bits per heavy atom. The lowest BCUT2D eigenvalue weighted by Crippen LogP contribution is -2.42. The van der Waals surface area contributed by atoms with Crippen molar-refractivity contribution in [2.75, 3.05) is 19.6 Å². The highest BCUT2D eigenvalue weighted by Crippen LogP contribution is 2.24. The van der Waals surface area contributed by atoms with Crippen LogP contribution in [0, 0.1) is 11.3 Å². The van der Waals surface area contributed by atoms with Crippen LogP contribution in [0.2, 0.25) is 0 Å². The van der Waals surface area contributed by atoms with Crippen molar-refractivity contribution >= 4 is 0 Å². The lowest BCUT2D eigenvalue weighted by Gasteiger charge is -2.29. The lowest BCUT2D eigenvalue weighted by molar-refractivity contribution is 0.199. The maximum atomic E-state index is 9.32. The molecule has 0 aliphatic heterocycles. The number of hydrogen-bond acceptors (Lipinski definition) is 3. The summed E-state index contributed by atoms with van der Waals surface area (Å²) in [6.45, 7) is 9.67. The second-order valence-electron chi connectivity index (χ2n) is 6.04. The summed E-state index contributed by atoms with van der Waals surface area (Å²) in [6, 6.07) is 3.25. The largest absolute Gasteiger partial charge is 0.301 e. The van der Waals surface area contributed by atoms with Gasteiger partial charge in [-0.15, -0.1) is 0 Å². The van der Waals surface area contributed by atoms with Crippen LogP contribution in [0.1, 0.15) is 65.7 Å². The molecule has 1 rings (SSSR count). The first-order valence-electron chi connectivity index (χ1n) is 8.05. The number of rotatable bonds is 9. The van der Waals surface area contributed by atoms with Gasteiger partial charge < -0.3 is 4.90 Å². The molecule has 1 atom stereocenters. The molecule has 0 aromatic carbocycles. The molecule has 110 valence electrons. The molecule has 0 heterocycles. The van der Waals surface area contributed by atoms with Gasteiger partial charge in [0.1, 0.15) is 5.54 Å². The first-order valence-corrected chi connectivity index (χ1v) is 8.05. The summed E-state index contributed by atoms with van der Waals surface area (Å²) < 4.78 is 0. The van der Waals surface area contributed by atoms with Crippen molar-refractivity contribution in [1.82, 2.24) is 10.2 Å². The van der Waals surface area contributed by atoms with Gasteiger partial charge in [-0.25, -0.2) is 0 Å². The minimum absolute atomic E-state index is 0.342. The highest BCUT2D eigenvalue weighted by atomic mass is 15.1. The van der Waals surface area contributed by atoms with Crippen LogP contribution in [0.25, 0.3) is 0 Å². The average molecular weight is 265 g/mol. The fourth-order valence-electron chi connectivity index (χ4n) is 3.09. The maximum absolute atomic E-state index is 9.32. The third kappa shape index (κ3) is 5.50. The Morgan fingerprint density at radius 3 is 2.53 bits per heavy atom. The van der Waals surface area contributed by atoms with Gasteiger partial charge in [-0.05, 0) is 58.7 Å². The van der Waals surface area contributed by atoms with E-state index in [2.05, 4.69) is 30.1 Å². The average Bonchev–Trinajstić information content (AvgIpc) is 2.95. The quantitative estimate of drug-likeness (QED) is 0.695. The van der Waals surface area contributed by atoms with E-state index in [1.54, 1.807) is 0 Å². The van der Waals surface area contributed by atoms with Crippen molar-refractivity contribution < 1.29 is 0 Å². The molecule has 1 N–H and O–H groups in total. The smallest absolute Gasteiger partial charge is 0.103 e. The fraction of sp³-hybridized carbons (Fsp3) is 0.938. The van der Waals surface area contributed by atoms with Crippen molar-refractivity contribution in [2.45, 2.75) is 77.3 Å². The summed E-state index contributed by atoms with van der Waals surface area (Å²) >= 11 is 0. The molecule has 19 heavy (non-hydrogen) atoms. The monoisotopic (exact) mass is 265 g/mol. The van der Waals surface area contributed by atoms with Crippen LogP contribution < -0.4 is 5.32 Å². The van der Waals surface area contributed by atoms with E-state index in [0.29, 0.717) is 0 Å².